The number of anilines is 2. The number of hydrogen-bond acceptors (Lipinski definition) is 4. The Morgan fingerprint density at radius 2 is 2.32 bits per heavy atom. The highest BCUT2D eigenvalue weighted by atomic mass is 19.1. The third kappa shape index (κ3) is 2.93. The predicted octanol–water partition coefficient (Wildman–Crippen LogP) is 2.53. The van der Waals surface area contributed by atoms with E-state index in [9.17, 15) is 9.50 Å². The Morgan fingerprint density at radius 1 is 1.53 bits per heavy atom. The van der Waals surface area contributed by atoms with Crippen LogP contribution in [0.15, 0.2) is 24.4 Å². The summed E-state index contributed by atoms with van der Waals surface area (Å²) in [6.45, 7) is 2.28. The number of aliphatic hydroxyl groups is 1. The molecular weight excluding hydrogens is 245 g/mol. The maximum absolute atomic E-state index is 14.0. The fraction of sp³-hybridized carbons (Fsp3) is 0.357. The highest BCUT2D eigenvalue weighted by Crippen LogP contribution is 2.29. The molecule has 0 amide bonds. The molecule has 0 bridgehead atoms. The number of hydrogen-bond donors (Lipinski definition) is 3. The van der Waals surface area contributed by atoms with Crippen molar-refractivity contribution in [3.05, 3.63) is 30.2 Å². The minimum atomic E-state index is -0.499. The van der Waals surface area contributed by atoms with Crippen molar-refractivity contribution in [3.8, 4) is 0 Å². The molecule has 19 heavy (non-hydrogen) atoms. The fourth-order valence-electron chi connectivity index (χ4n) is 2.06. The topological polar surface area (TPSA) is 71.2 Å². The third-order valence-corrected chi connectivity index (χ3v) is 3.01. The van der Waals surface area contributed by atoms with Gasteiger partial charge in [-0.1, -0.05) is 13.3 Å². The second-order valence-electron chi connectivity index (χ2n) is 4.55. The van der Waals surface area contributed by atoms with E-state index in [-0.39, 0.29) is 0 Å². The lowest BCUT2D eigenvalue weighted by Crippen LogP contribution is -2.20. The number of fused-ring (bicyclic) bond motifs is 1. The van der Waals surface area contributed by atoms with Crippen LogP contribution in [0, 0.1) is 5.82 Å². The second kappa shape index (κ2) is 5.84. The van der Waals surface area contributed by atoms with Gasteiger partial charge in [-0.25, -0.2) is 4.39 Å². The average molecular weight is 263 g/mol. The van der Waals surface area contributed by atoms with E-state index in [1.165, 1.54) is 6.07 Å². The summed E-state index contributed by atoms with van der Waals surface area (Å²) >= 11 is 0. The lowest BCUT2D eigenvalue weighted by Gasteiger charge is -2.14. The Bertz CT molecular complexity index is 574. The molecule has 2 rings (SSSR count). The largest absolute Gasteiger partial charge is 0.398 e. The monoisotopic (exact) mass is 263 g/mol. The molecule has 4 N–H and O–H groups in total. The minimum absolute atomic E-state index is 0.292. The summed E-state index contributed by atoms with van der Waals surface area (Å²) in [4.78, 5) is 4.16. The molecule has 102 valence electrons. The first kappa shape index (κ1) is 13.5. The highest BCUT2D eigenvalue weighted by molar-refractivity contribution is 5.98. The van der Waals surface area contributed by atoms with E-state index >= 15 is 0 Å². The van der Waals surface area contributed by atoms with Gasteiger partial charge in [0.2, 0.25) is 0 Å². The van der Waals surface area contributed by atoms with Crippen molar-refractivity contribution >= 4 is 22.3 Å². The lowest BCUT2D eigenvalue weighted by molar-refractivity contribution is 0.176. The zero-order chi connectivity index (χ0) is 13.8. The summed E-state index contributed by atoms with van der Waals surface area (Å²) in [6, 6.07) is 4.83. The van der Waals surface area contributed by atoms with Crippen LogP contribution in [0.3, 0.4) is 0 Å². The molecule has 2 aromatic rings. The molecule has 0 spiro atoms. The summed E-state index contributed by atoms with van der Waals surface area (Å²) in [6.07, 6.45) is 2.65. The van der Waals surface area contributed by atoms with Crippen molar-refractivity contribution in [1.82, 2.24) is 4.98 Å². The number of nitrogens with one attached hydrogen (secondary N) is 1. The molecule has 0 aliphatic rings. The van der Waals surface area contributed by atoms with Gasteiger partial charge in [-0.2, -0.15) is 0 Å². The van der Waals surface area contributed by atoms with Crippen LogP contribution in [0.25, 0.3) is 10.9 Å². The second-order valence-corrected chi connectivity index (χ2v) is 4.55. The van der Waals surface area contributed by atoms with Crippen LogP contribution in [0.1, 0.15) is 19.8 Å². The van der Waals surface area contributed by atoms with Gasteiger partial charge in [-0.15, -0.1) is 0 Å². The van der Waals surface area contributed by atoms with E-state index in [1.807, 2.05) is 6.92 Å². The summed E-state index contributed by atoms with van der Waals surface area (Å²) in [7, 11) is 0. The molecule has 1 heterocycles. The number of nitrogens with zero attached hydrogens (tertiary/aromatic N) is 1. The Labute approximate surface area is 111 Å². The molecule has 1 atom stereocenters. The van der Waals surface area contributed by atoms with Crippen molar-refractivity contribution in [3.63, 3.8) is 0 Å². The Hall–Kier alpha value is -1.88. The fourth-order valence-corrected chi connectivity index (χ4v) is 2.06. The van der Waals surface area contributed by atoms with Gasteiger partial charge < -0.3 is 16.2 Å². The van der Waals surface area contributed by atoms with Gasteiger partial charge in [-0.05, 0) is 24.6 Å². The quantitative estimate of drug-likeness (QED) is 0.725. The number of nitrogen functional groups attached to an aromatic ring is 1. The van der Waals surface area contributed by atoms with Crippen LogP contribution in [0.2, 0.25) is 0 Å². The maximum Gasteiger partial charge on any atom is 0.150 e. The van der Waals surface area contributed by atoms with Gasteiger partial charge >= 0.3 is 0 Å². The van der Waals surface area contributed by atoms with Crippen LogP contribution in [0.4, 0.5) is 15.8 Å². The number of rotatable bonds is 5. The van der Waals surface area contributed by atoms with Crippen molar-refractivity contribution in [2.45, 2.75) is 25.9 Å². The summed E-state index contributed by atoms with van der Waals surface area (Å²) in [5.74, 6) is -0.451. The number of nitrogens with two attached hydrogens (primary N) is 1. The highest BCUT2D eigenvalue weighted by Gasteiger charge is 2.12. The predicted molar refractivity (Wildman–Crippen MR) is 75.5 cm³/mol. The lowest BCUT2D eigenvalue weighted by atomic mass is 10.1. The van der Waals surface area contributed by atoms with Gasteiger partial charge in [0, 0.05) is 23.8 Å². The zero-order valence-electron chi connectivity index (χ0n) is 10.9. The van der Waals surface area contributed by atoms with E-state index in [0.717, 1.165) is 6.42 Å². The molecule has 0 aliphatic carbocycles. The smallest absolute Gasteiger partial charge is 0.150 e. The van der Waals surface area contributed by atoms with E-state index < -0.39 is 11.9 Å². The van der Waals surface area contributed by atoms with Gasteiger partial charge in [-0.3, -0.25) is 4.98 Å². The van der Waals surface area contributed by atoms with E-state index in [1.54, 1.807) is 18.3 Å². The SMILES string of the molecule is CCCC(O)CNc1c(F)cc(N)c2cccnc12. The average Bonchev–Trinajstić information content (AvgIpc) is 2.39. The first-order valence-corrected chi connectivity index (χ1v) is 6.38. The van der Waals surface area contributed by atoms with E-state index in [0.29, 0.717) is 35.2 Å². The van der Waals surface area contributed by atoms with Crippen molar-refractivity contribution in [2.24, 2.45) is 0 Å². The van der Waals surface area contributed by atoms with Gasteiger partial charge in [0.25, 0.3) is 0 Å². The Balaban J connectivity index is 2.32. The first-order valence-electron chi connectivity index (χ1n) is 6.38. The molecule has 0 saturated heterocycles. The maximum atomic E-state index is 14.0. The zero-order valence-corrected chi connectivity index (χ0v) is 10.9. The molecule has 5 heteroatoms. The van der Waals surface area contributed by atoms with Crippen LogP contribution in [0.5, 0.6) is 0 Å². The summed E-state index contributed by atoms with van der Waals surface area (Å²) in [5.41, 5.74) is 6.91. The molecule has 1 unspecified atom stereocenters. The Morgan fingerprint density at radius 3 is 3.05 bits per heavy atom. The first-order chi connectivity index (χ1) is 9.13. The van der Waals surface area contributed by atoms with Crippen LogP contribution >= 0.6 is 0 Å². The molecule has 1 aromatic heterocycles. The number of pyridine rings is 1. The number of aromatic nitrogens is 1. The van der Waals surface area contributed by atoms with Crippen LogP contribution in [-0.2, 0) is 0 Å². The molecule has 0 saturated carbocycles. The molecule has 0 radical (unpaired) electrons. The molecule has 0 fully saturated rings. The van der Waals surface area contributed by atoms with E-state index in [2.05, 4.69) is 10.3 Å². The number of halogens is 1. The molecule has 0 aliphatic heterocycles. The van der Waals surface area contributed by atoms with Crippen molar-refractivity contribution in [2.75, 3.05) is 17.6 Å². The van der Waals surface area contributed by atoms with Crippen LogP contribution < -0.4 is 11.1 Å². The Kier molecular flexibility index (Phi) is 4.16. The third-order valence-electron chi connectivity index (χ3n) is 3.01. The summed E-state index contributed by atoms with van der Waals surface area (Å²) in [5, 5.41) is 13.3. The molecule has 1 aromatic carbocycles. The molecular formula is C14H18FN3O. The minimum Gasteiger partial charge on any atom is -0.398 e. The van der Waals surface area contributed by atoms with Gasteiger partial charge in [0.15, 0.2) is 5.82 Å². The number of benzene rings is 1. The normalized spacial score (nSPS) is 12.6. The molecule has 4 nitrogen and oxygen atoms in total. The number of aliphatic hydroxyl groups excluding tert-OH is 1. The van der Waals surface area contributed by atoms with E-state index in [4.69, 9.17) is 5.73 Å². The van der Waals surface area contributed by atoms with Crippen molar-refractivity contribution < 1.29 is 9.50 Å². The van der Waals surface area contributed by atoms with Crippen LogP contribution in [-0.4, -0.2) is 22.7 Å². The summed E-state index contributed by atoms with van der Waals surface area (Å²) < 4.78 is 14.0. The van der Waals surface area contributed by atoms with Gasteiger partial charge in [0.05, 0.1) is 17.3 Å². The standard InChI is InChI=1S/C14H18FN3O/c1-2-4-9(19)8-18-14-11(15)7-12(16)10-5-3-6-17-13(10)14/h3,5-7,9,18-19H,2,4,8,16H2,1H3. The van der Waals surface area contributed by atoms with Crippen molar-refractivity contribution in [1.29, 1.82) is 0 Å². The van der Waals surface area contributed by atoms with Gasteiger partial charge in [0.1, 0.15) is 0 Å².